The normalized spacial score (nSPS) is 11.2. The van der Waals surface area contributed by atoms with Crippen molar-refractivity contribution in [3.05, 3.63) is 35.4 Å². The summed E-state index contributed by atoms with van der Waals surface area (Å²) < 4.78 is 56.3. The lowest BCUT2D eigenvalue weighted by Gasteiger charge is -2.15. The number of hydrogen-bond donors (Lipinski definition) is 0. The lowest BCUT2D eigenvalue weighted by molar-refractivity contribution is -0.138. The van der Waals surface area contributed by atoms with Crippen LogP contribution in [-0.2, 0) is 10.9 Å². The molecule has 0 atom stereocenters. The fourth-order valence-electron chi connectivity index (χ4n) is 2.44. The fraction of sp³-hybridized carbons (Fsp3) is 0.368. The van der Waals surface area contributed by atoms with Gasteiger partial charge in [0, 0.05) is 17.9 Å². The van der Waals surface area contributed by atoms with Crippen LogP contribution in [0.2, 0.25) is 0 Å². The van der Waals surface area contributed by atoms with Gasteiger partial charge in [-0.1, -0.05) is 0 Å². The molecule has 0 bridgehead atoms. The molecule has 5 nitrogen and oxygen atoms in total. The van der Waals surface area contributed by atoms with Crippen LogP contribution in [-0.4, -0.2) is 38.2 Å². The van der Waals surface area contributed by atoms with Gasteiger partial charge < -0.3 is 14.2 Å². The number of hydrogen-bond acceptors (Lipinski definition) is 6. The summed E-state index contributed by atoms with van der Waals surface area (Å²) in [5.41, 5.74) is -1.00. The Morgan fingerprint density at radius 1 is 1.14 bits per heavy atom. The average Bonchev–Trinajstić information content (AvgIpc) is 2.69. The second-order valence-electron chi connectivity index (χ2n) is 5.46. The molecule has 0 fully saturated rings. The smallest absolute Gasteiger partial charge is 0.417 e. The van der Waals surface area contributed by atoms with Gasteiger partial charge in [0.05, 0.1) is 37.6 Å². The average molecular weight is 412 g/mol. The molecule has 0 spiro atoms. The van der Waals surface area contributed by atoms with Crippen molar-refractivity contribution in [1.82, 2.24) is 4.98 Å². The predicted molar refractivity (Wildman–Crippen MR) is 99.7 cm³/mol. The van der Waals surface area contributed by atoms with Crippen LogP contribution in [0.1, 0.15) is 18.1 Å². The molecular weight excluding hydrogens is 393 g/mol. The monoisotopic (exact) mass is 412 g/mol. The Morgan fingerprint density at radius 2 is 1.86 bits per heavy atom. The summed E-state index contributed by atoms with van der Waals surface area (Å²) in [7, 11) is 2.90. The third kappa shape index (κ3) is 5.09. The first-order valence-electron chi connectivity index (χ1n) is 8.31. The van der Waals surface area contributed by atoms with Crippen molar-refractivity contribution in [2.75, 3.05) is 33.2 Å². The van der Waals surface area contributed by atoms with Gasteiger partial charge in [0.25, 0.3) is 0 Å². The third-order valence-corrected chi connectivity index (χ3v) is 4.69. The number of nitriles is 1. The van der Waals surface area contributed by atoms with Crippen molar-refractivity contribution in [3.8, 4) is 28.8 Å². The number of benzene rings is 1. The van der Waals surface area contributed by atoms with Crippen LogP contribution in [0.3, 0.4) is 0 Å². The molecule has 1 aromatic heterocycles. The van der Waals surface area contributed by atoms with E-state index in [1.165, 1.54) is 14.2 Å². The van der Waals surface area contributed by atoms with Crippen LogP contribution >= 0.6 is 11.8 Å². The van der Waals surface area contributed by atoms with Gasteiger partial charge in [0.2, 0.25) is 0 Å². The maximum Gasteiger partial charge on any atom is 0.417 e. The van der Waals surface area contributed by atoms with Gasteiger partial charge in [0.15, 0.2) is 11.5 Å². The highest BCUT2D eigenvalue weighted by molar-refractivity contribution is 7.99. The SMILES string of the molecule is CCOCCSc1nc(-c2ccc(OC)c(OC)c2)cc(C(F)(F)F)c1C#N. The van der Waals surface area contributed by atoms with Gasteiger partial charge in [-0.05, 0) is 31.2 Å². The second-order valence-corrected chi connectivity index (χ2v) is 6.54. The summed E-state index contributed by atoms with van der Waals surface area (Å²) in [5.74, 6) is 1.19. The highest BCUT2D eigenvalue weighted by Gasteiger charge is 2.36. The zero-order valence-corrected chi connectivity index (χ0v) is 16.4. The molecule has 0 saturated carbocycles. The van der Waals surface area contributed by atoms with Crippen LogP contribution in [0.4, 0.5) is 13.2 Å². The van der Waals surface area contributed by atoms with E-state index in [-0.39, 0.29) is 10.7 Å². The summed E-state index contributed by atoms with van der Waals surface area (Å²) in [4.78, 5) is 4.31. The highest BCUT2D eigenvalue weighted by atomic mass is 32.2. The second kappa shape index (κ2) is 9.66. The summed E-state index contributed by atoms with van der Waals surface area (Å²) in [6.07, 6.45) is -4.69. The topological polar surface area (TPSA) is 64.4 Å². The lowest BCUT2D eigenvalue weighted by Crippen LogP contribution is -2.11. The minimum Gasteiger partial charge on any atom is -0.493 e. The molecule has 2 aromatic rings. The number of thioether (sulfide) groups is 1. The van der Waals surface area contributed by atoms with Crippen LogP contribution < -0.4 is 9.47 Å². The molecule has 0 N–H and O–H groups in total. The van der Waals surface area contributed by atoms with Crippen LogP contribution in [0.15, 0.2) is 29.3 Å². The Kier molecular flexibility index (Phi) is 7.54. The zero-order valence-electron chi connectivity index (χ0n) is 15.6. The molecule has 0 saturated heterocycles. The van der Waals surface area contributed by atoms with Gasteiger partial charge >= 0.3 is 6.18 Å². The van der Waals surface area contributed by atoms with Crippen LogP contribution in [0, 0.1) is 11.3 Å². The quantitative estimate of drug-likeness (QED) is 0.459. The standard InChI is InChI=1S/C19H19F3N2O3S/c1-4-27-7-8-28-18-13(11-23)14(19(20,21)22)10-15(24-18)12-5-6-16(25-2)17(9-12)26-3/h5-6,9-10H,4,7-8H2,1-3H3. The van der Waals surface area contributed by atoms with E-state index >= 15 is 0 Å². The van der Waals surface area contributed by atoms with Gasteiger partial charge in [-0.2, -0.15) is 18.4 Å². The van der Waals surface area contributed by atoms with Gasteiger partial charge in [0.1, 0.15) is 11.1 Å². The van der Waals surface area contributed by atoms with Crippen molar-refractivity contribution < 1.29 is 27.4 Å². The van der Waals surface area contributed by atoms with Gasteiger partial charge in [-0.15, -0.1) is 11.8 Å². The van der Waals surface area contributed by atoms with E-state index < -0.39 is 17.3 Å². The molecule has 1 aromatic carbocycles. The number of halogens is 3. The first-order chi connectivity index (χ1) is 13.3. The van der Waals surface area contributed by atoms with E-state index in [2.05, 4.69) is 4.98 Å². The Balaban J connectivity index is 2.57. The molecule has 9 heteroatoms. The lowest BCUT2D eigenvalue weighted by atomic mass is 10.0. The van der Waals surface area contributed by atoms with Crippen molar-refractivity contribution in [3.63, 3.8) is 0 Å². The Morgan fingerprint density at radius 3 is 2.43 bits per heavy atom. The van der Waals surface area contributed by atoms with Gasteiger partial charge in [-0.3, -0.25) is 0 Å². The molecule has 0 radical (unpaired) electrons. The third-order valence-electron chi connectivity index (χ3n) is 3.75. The molecule has 150 valence electrons. The van der Waals surface area contributed by atoms with E-state index in [9.17, 15) is 18.4 Å². The molecule has 0 unspecified atom stereocenters. The molecule has 0 aliphatic rings. The molecule has 1 heterocycles. The zero-order chi connectivity index (χ0) is 20.7. The largest absolute Gasteiger partial charge is 0.493 e. The minimum atomic E-state index is -4.69. The first-order valence-corrected chi connectivity index (χ1v) is 9.29. The van der Waals surface area contributed by atoms with Crippen molar-refractivity contribution >= 4 is 11.8 Å². The Hall–Kier alpha value is -2.44. The molecule has 2 rings (SSSR count). The van der Waals surface area contributed by atoms with Crippen LogP contribution in [0.25, 0.3) is 11.3 Å². The number of aromatic nitrogens is 1. The maximum absolute atomic E-state index is 13.6. The van der Waals surface area contributed by atoms with E-state index in [4.69, 9.17) is 14.2 Å². The number of methoxy groups -OCH3 is 2. The molecular formula is C19H19F3N2O3S. The summed E-state index contributed by atoms with van der Waals surface area (Å²) in [6, 6.07) is 7.24. The number of alkyl halides is 3. The van der Waals surface area contributed by atoms with E-state index in [0.717, 1.165) is 17.8 Å². The molecule has 0 amide bonds. The minimum absolute atomic E-state index is 0.0156. The van der Waals surface area contributed by atoms with Crippen LogP contribution in [0.5, 0.6) is 11.5 Å². The van der Waals surface area contributed by atoms with Crippen molar-refractivity contribution in [2.24, 2.45) is 0 Å². The predicted octanol–water partition coefficient (Wildman–Crippen LogP) is 4.78. The van der Waals surface area contributed by atoms with Crippen molar-refractivity contribution in [1.29, 1.82) is 5.26 Å². The number of ether oxygens (including phenoxy) is 3. The fourth-order valence-corrected chi connectivity index (χ4v) is 3.30. The molecule has 0 aliphatic heterocycles. The molecule has 0 aliphatic carbocycles. The number of pyridine rings is 1. The highest BCUT2D eigenvalue weighted by Crippen LogP contribution is 2.39. The summed E-state index contributed by atoms with van der Waals surface area (Å²) in [6.45, 7) is 2.66. The van der Waals surface area contributed by atoms with Crippen molar-refractivity contribution in [2.45, 2.75) is 18.1 Å². The first kappa shape index (κ1) is 21.9. The van der Waals surface area contributed by atoms with E-state index in [1.807, 2.05) is 6.92 Å². The van der Waals surface area contributed by atoms with E-state index in [1.54, 1.807) is 24.3 Å². The maximum atomic E-state index is 13.6. The number of rotatable bonds is 8. The summed E-state index contributed by atoms with van der Waals surface area (Å²) in [5, 5.41) is 9.32. The molecule has 28 heavy (non-hydrogen) atoms. The Labute approximate surface area is 165 Å². The summed E-state index contributed by atoms with van der Waals surface area (Å²) >= 11 is 1.05. The Bertz CT molecular complexity index is 867. The van der Waals surface area contributed by atoms with E-state index in [0.29, 0.717) is 36.0 Å². The number of nitrogens with zero attached hydrogens (tertiary/aromatic N) is 2. The van der Waals surface area contributed by atoms with Gasteiger partial charge in [-0.25, -0.2) is 4.98 Å².